The van der Waals surface area contributed by atoms with Crippen molar-refractivity contribution in [1.29, 1.82) is 0 Å². The molecule has 0 atom stereocenters. The Kier molecular flexibility index (Phi) is 8.58. The van der Waals surface area contributed by atoms with Crippen LogP contribution in [-0.2, 0) is 26.7 Å². The Bertz CT molecular complexity index is 1170. The van der Waals surface area contributed by atoms with E-state index >= 15 is 0 Å². The largest absolute Gasteiger partial charge is 0.349 e. The lowest BCUT2D eigenvalue weighted by Gasteiger charge is -2.22. The molecule has 172 valence electrons. The average Bonchev–Trinajstić information content (AvgIpc) is 3.42. The third kappa shape index (κ3) is 6.41. The Morgan fingerprint density at radius 1 is 1.00 bits per heavy atom. The van der Waals surface area contributed by atoms with Crippen molar-refractivity contribution in [2.45, 2.75) is 26.6 Å². The number of hydrogen-bond acceptors (Lipinski definition) is 4. The number of benzene rings is 2. The second kappa shape index (κ2) is 11.6. The van der Waals surface area contributed by atoms with Crippen LogP contribution < -0.4 is 5.32 Å². The van der Waals surface area contributed by atoms with E-state index in [2.05, 4.69) is 37.6 Å². The molecule has 9 heteroatoms. The summed E-state index contributed by atoms with van der Waals surface area (Å²) in [6, 6.07) is 20.3. The quantitative estimate of drug-likeness (QED) is 0.214. The zero-order chi connectivity index (χ0) is 22.3. The number of aliphatic imine (C=N–C) groups is 1. The van der Waals surface area contributed by atoms with Crippen molar-refractivity contribution in [2.24, 2.45) is 12.0 Å². The van der Waals surface area contributed by atoms with Crippen molar-refractivity contribution < 1.29 is 0 Å². The van der Waals surface area contributed by atoms with Crippen molar-refractivity contribution in [1.82, 2.24) is 34.8 Å². The van der Waals surface area contributed by atoms with E-state index in [0.717, 1.165) is 34.4 Å². The molecule has 0 aliphatic carbocycles. The highest BCUT2D eigenvalue weighted by Crippen LogP contribution is 2.10. The van der Waals surface area contributed by atoms with Crippen molar-refractivity contribution in [3.8, 4) is 5.69 Å². The van der Waals surface area contributed by atoms with Gasteiger partial charge >= 0.3 is 0 Å². The highest BCUT2D eigenvalue weighted by Gasteiger charge is 2.12. The highest BCUT2D eigenvalue weighted by molar-refractivity contribution is 14.0. The molecular formula is C24H29IN8. The molecule has 0 saturated carbocycles. The van der Waals surface area contributed by atoms with Gasteiger partial charge in [0, 0.05) is 32.4 Å². The van der Waals surface area contributed by atoms with Crippen molar-refractivity contribution >= 4 is 29.9 Å². The summed E-state index contributed by atoms with van der Waals surface area (Å²) in [5, 5.41) is 16.3. The molecule has 2 aromatic carbocycles. The summed E-state index contributed by atoms with van der Waals surface area (Å²) in [6.07, 6.45) is 3.94. The molecule has 0 aliphatic rings. The molecule has 0 bridgehead atoms. The lowest BCUT2D eigenvalue weighted by atomic mass is 10.2. The van der Waals surface area contributed by atoms with E-state index in [9.17, 15) is 0 Å². The van der Waals surface area contributed by atoms with Crippen LogP contribution in [0.2, 0.25) is 0 Å². The summed E-state index contributed by atoms with van der Waals surface area (Å²) < 4.78 is 3.87. The van der Waals surface area contributed by atoms with Gasteiger partial charge in [-0.3, -0.25) is 0 Å². The Labute approximate surface area is 211 Å². The number of para-hydroxylation sites is 1. The average molecular weight is 556 g/mol. The second-order valence-corrected chi connectivity index (χ2v) is 7.69. The fourth-order valence-electron chi connectivity index (χ4n) is 3.34. The number of hydrogen-bond donors (Lipinski definition) is 1. The molecule has 0 radical (unpaired) electrons. The fourth-order valence-corrected chi connectivity index (χ4v) is 3.34. The molecule has 0 spiro atoms. The van der Waals surface area contributed by atoms with Gasteiger partial charge in [-0.25, -0.2) is 9.67 Å². The molecule has 0 aliphatic heterocycles. The highest BCUT2D eigenvalue weighted by atomic mass is 127. The predicted molar refractivity (Wildman–Crippen MR) is 141 cm³/mol. The van der Waals surface area contributed by atoms with Crippen molar-refractivity contribution in [2.75, 3.05) is 7.05 Å². The SMILES string of the molecule is Cc1nnc(CNC(=NCc2ccccc2)N(C)Cc2cnn(-c3ccccc3)c2)n1C.I. The number of halogens is 1. The van der Waals surface area contributed by atoms with Crippen LogP contribution in [0, 0.1) is 6.92 Å². The van der Waals surface area contributed by atoms with Crippen LogP contribution in [0.15, 0.2) is 78.0 Å². The Morgan fingerprint density at radius 3 is 2.36 bits per heavy atom. The molecule has 0 saturated heterocycles. The van der Waals surface area contributed by atoms with Crippen LogP contribution in [-0.4, -0.2) is 42.5 Å². The first-order valence-corrected chi connectivity index (χ1v) is 10.6. The Balaban J connectivity index is 0.00000306. The van der Waals surface area contributed by atoms with Crippen LogP contribution in [0.3, 0.4) is 0 Å². The summed E-state index contributed by atoms with van der Waals surface area (Å²) in [6.45, 7) is 3.75. The molecule has 8 nitrogen and oxygen atoms in total. The number of aryl methyl sites for hydroxylation is 1. The van der Waals surface area contributed by atoms with Gasteiger partial charge in [0.25, 0.3) is 0 Å². The summed E-state index contributed by atoms with van der Waals surface area (Å²) in [7, 11) is 3.99. The first kappa shape index (κ1) is 24.4. The van der Waals surface area contributed by atoms with Crippen LogP contribution in [0.25, 0.3) is 5.69 Å². The van der Waals surface area contributed by atoms with E-state index in [0.29, 0.717) is 19.6 Å². The summed E-state index contributed by atoms with van der Waals surface area (Å²) in [5.74, 6) is 2.54. The molecule has 2 aromatic heterocycles. The minimum absolute atomic E-state index is 0. The van der Waals surface area contributed by atoms with E-state index in [1.54, 1.807) is 0 Å². The maximum absolute atomic E-state index is 4.85. The van der Waals surface area contributed by atoms with Crippen LogP contribution in [0.1, 0.15) is 22.8 Å². The third-order valence-electron chi connectivity index (χ3n) is 5.28. The monoisotopic (exact) mass is 556 g/mol. The molecule has 4 aromatic rings. The number of guanidine groups is 1. The second-order valence-electron chi connectivity index (χ2n) is 7.69. The van der Waals surface area contributed by atoms with E-state index in [1.807, 2.05) is 91.2 Å². The van der Waals surface area contributed by atoms with E-state index in [4.69, 9.17) is 4.99 Å². The van der Waals surface area contributed by atoms with E-state index in [-0.39, 0.29) is 24.0 Å². The first-order valence-electron chi connectivity index (χ1n) is 10.6. The van der Waals surface area contributed by atoms with Gasteiger partial charge < -0.3 is 14.8 Å². The molecule has 4 rings (SSSR count). The van der Waals surface area contributed by atoms with Crippen LogP contribution in [0.4, 0.5) is 0 Å². The number of nitrogens with one attached hydrogen (secondary N) is 1. The molecule has 1 N–H and O–H groups in total. The van der Waals surface area contributed by atoms with Crippen LogP contribution >= 0.6 is 24.0 Å². The Hall–Kier alpha value is -3.21. The minimum Gasteiger partial charge on any atom is -0.349 e. The predicted octanol–water partition coefficient (Wildman–Crippen LogP) is 3.71. The lowest BCUT2D eigenvalue weighted by molar-refractivity contribution is 0.472. The normalized spacial score (nSPS) is 11.2. The van der Waals surface area contributed by atoms with Gasteiger partial charge in [-0.1, -0.05) is 48.5 Å². The molecule has 0 fully saturated rings. The lowest BCUT2D eigenvalue weighted by Crippen LogP contribution is -2.38. The topological polar surface area (TPSA) is 76.2 Å². The van der Waals surface area contributed by atoms with Gasteiger partial charge in [0.2, 0.25) is 0 Å². The summed E-state index contributed by atoms with van der Waals surface area (Å²) >= 11 is 0. The van der Waals surface area contributed by atoms with Crippen molar-refractivity contribution in [3.63, 3.8) is 0 Å². The van der Waals surface area contributed by atoms with Gasteiger partial charge in [-0.2, -0.15) is 5.10 Å². The fraction of sp³-hybridized carbons (Fsp3) is 0.250. The molecule has 33 heavy (non-hydrogen) atoms. The number of aromatic nitrogens is 5. The minimum atomic E-state index is 0. The molecule has 0 amide bonds. The summed E-state index contributed by atoms with van der Waals surface area (Å²) in [5.41, 5.74) is 3.29. The smallest absolute Gasteiger partial charge is 0.194 e. The van der Waals surface area contributed by atoms with E-state index in [1.165, 1.54) is 0 Å². The number of nitrogens with zero attached hydrogens (tertiary/aromatic N) is 7. The molecule has 2 heterocycles. The van der Waals surface area contributed by atoms with E-state index < -0.39 is 0 Å². The Morgan fingerprint density at radius 2 is 1.70 bits per heavy atom. The maximum atomic E-state index is 4.85. The van der Waals surface area contributed by atoms with Gasteiger partial charge in [0.15, 0.2) is 11.8 Å². The number of rotatable bonds is 7. The third-order valence-corrected chi connectivity index (χ3v) is 5.28. The molecular weight excluding hydrogens is 527 g/mol. The van der Waals surface area contributed by atoms with Gasteiger partial charge in [-0.05, 0) is 24.6 Å². The summed E-state index contributed by atoms with van der Waals surface area (Å²) in [4.78, 5) is 6.95. The van der Waals surface area contributed by atoms with Crippen molar-refractivity contribution in [3.05, 3.63) is 95.8 Å². The maximum Gasteiger partial charge on any atom is 0.194 e. The van der Waals surface area contributed by atoms with Crippen LogP contribution in [0.5, 0.6) is 0 Å². The van der Waals surface area contributed by atoms with Gasteiger partial charge in [0.05, 0.1) is 25.0 Å². The van der Waals surface area contributed by atoms with Gasteiger partial charge in [-0.15, -0.1) is 34.2 Å². The first-order chi connectivity index (χ1) is 15.6. The molecule has 0 unspecified atom stereocenters. The zero-order valence-electron chi connectivity index (χ0n) is 19.1. The van der Waals surface area contributed by atoms with Gasteiger partial charge in [0.1, 0.15) is 5.82 Å². The standard InChI is InChI=1S/C24H28N8.HI/c1-19-28-29-23(31(19)3)16-26-24(25-14-20-10-6-4-7-11-20)30(2)17-21-15-27-32(18-21)22-12-8-5-9-13-22;/h4-13,15,18H,14,16-17H2,1-3H3,(H,25,26);1H. The zero-order valence-corrected chi connectivity index (χ0v) is 21.4.